The highest BCUT2D eigenvalue weighted by atomic mass is 35.5. The first kappa shape index (κ1) is 14.2. The number of fused-ring (bicyclic) bond motifs is 1. The lowest BCUT2D eigenvalue weighted by Gasteiger charge is -2.30. The van der Waals surface area contributed by atoms with E-state index in [9.17, 15) is 4.79 Å². The molecule has 3 N–H and O–H groups in total. The zero-order valence-corrected chi connectivity index (χ0v) is 12.3. The van der Waals surface area contributed by atoms with Crippen molar-refractivity contribution in [1.82, 2.24) is 0 Å². The van der Waals surface area contributed by atoms with Crippen molar-refractivity contribution in [3.05, 3.63) is 22.7 Å². The minimum absolute atomic E-state index is 0.171. The van der Waals surface area contributed by atoms with E-state index in [-0.39, 0.29) is 5.91 Å². The van der Waals surface area contributed by atoms with Crippen LogP contribution in [0.1, 0.15) is 38.8 Å². The number of hydrogen-bond donors (Lipinski definition) is 2. The zero-order valence-electron chi connectivity index (χ0n) is 11.5. The average Bonchev–Trinajstić information content (AvgIpc) is 2.62. The van der Waals surface area contributed by atoms with Gasteiger partial charge in [-0.2, -0.15) is 0 Å². The molecule has 0 saturated carbocycles. The molecule has 0 aromatic heterocycles. The minimum atomic E-state index is -0.611. The van der Waals surface area contributed by atoms with Crippen molar-refractivity contribution in [2.24, 2.45) is 5.73 Å². The van der Waals surface area contributed by atoms with Gasteiger partial charge in [0.15, 0.2) is 0 Å². The van der Waals surface area contributed by atoms with Crippen LogP contribution in [0.15, 0.2) is 12.1 Å². The Balaban J connectivity index is 2.43. The first-order valence-electron chi connectivity index (χ1n) is 6.62. The van der Waals surface area contributed by atoms with E-state index in [0.29, 0.717) is 11.1 Å². The molecule has 1 aliphatic rings. The summed E-state index contributed by atoms with van der Waals surface area (Å²) in [5, 5.41) is 3.45. The highest BCUT2D eigenvalue weighted by molar-refractivity contribution is 6.33. The normalized spacial score (nSPS) is 17.6. The largest absolute Gasteiger partial charge is 0.368 e. The molecule has 1 unspecified atom stereocenters. The zero-order chi connectivity index (χ0) is 14.2. The number of halogens is 1. The fourth-order valence-corrected chi connectivity index (χ4v) is 2.69. The molecular formula is C14H20ClN3O. The highest BCUT2D eigenvalue weighted by Crippen LogP contribution is 2.38. The monoisotopic (exact) mass is 281 g/mol. The maximum absolute atomic E-state index is 11.6. The third-order valence-corrected chi connectivity index (χ3v) is 3.69. The maximum atomic E-state index is 11.6. The van der Waals surface area contributed by atoms with Crippen LogP contribution in [0.5, 0.6) is 0 Å². The molecule has 0 spiro atoms. The summed E-state index contributed by atoms with van der Waals surface area (Å²) < 4.78 is 0. The van der Waals surface area contributed by atoms with Crippen molar-refractivity contribution >= 4 is 28.9 Å². The van der Waals surface area contributed by atoms with Gasteiger partial charge in [-0.15, -0.1) is 0 Å². The quantitative estimate of drug-likeness (QED) is 0.892. The molecule has 0 saturated heterocycles. The Morgan fingerprint density at radius 3 is 2.74 bits per heavy atom. The molecule has 104 valence electrons. The van der Waals surface area contributed by atoms with E-state index < -0.39 is 6.04 Å². The van der Waals surface area contributed by atoms with E-state index in [0.717, 1.165) is 29.9 Å². The minimum Gasteiger partial charge on any atom is -0.368 e. The average molecular weight is 282 g/mol. The second-order valence-corrected chi connectivity index (χ2v) is 5.55. The number of hydrogen-bond acceptors (Lipinski definition) is 3. The molecule has 4 nitrogen and oxygen atoms in total. The highest BCUT2D eigenvalue weighted by Gasteiger charge is 2.29. The third kappa shape index (κ3) is 2.55. The van der Waals surface area contributed by atoms with Crippen LogP contribution < -0.4 is 16.0 Å². The van der Waals surface area contributed by atoms with Gasteiger partial charge in [-0.25, -0.2) is 0 Å². The van der Waals surface area contributed by atoms with E-state index in [1.54, 1.807) is 6.07 Å². The van der Waals surface area contributed by atoms with E-state index in [2.05, 4.69) is 31.0 Å². The summed E-state index contributed by atoms with van der Waals surface area (Å²) in [4.78, 5) is 13.8. The number of carbonyl (C=O) groups is 1. The van der Waals surface area contributed by atoms with Crippen LogP contribution in [-0.4, -0.2) is 18.5 Å². The van der Waals surface area contributed by atoms with Crippen LogP contribution in [0.2, 0.25) is 5.02 Å². The van der Waals surface area contributed by atoms with Crippen molar-refractivity contribution in [3.8, 4) is 0 Å². The predicted molar refractivity (Wildman–Crippen MR) is 79.8 cm³/mol. The molecule has 2 rings (SSSR count). The second-order valence-electron chi connectivity index (χ2n) is 5.14. The molecule has 0 fully saturated rings. The third-order valence-electron chi connectivity index (χ3n) is 3.39. The van der Waals surface area contributed by atoms with Gasteiger partial charge in [0.1, 0.15) is 6.04 Å². The van der Waals surface area contributed by atoms with Crippen LogP contribution in [0, 0.1) is 0 Å². The molecular weight excluding hydrogens is 262 g/mol. The van der Waals surface area contributed by atoms with Crippen molar-refractivity contribution in [2.45, 2.75) is 39.3 Å². The lowest BCUT2D eigenvalue weighted by Crippen LogP contribution is -2.31. The molecule has 1 aromatic rings. The predicted octanol–water partition coefficient (Wildman–Crippen LogP) is 2.92. The fraction of sp³-hybridized carbons (Fsp3) is 0.500. The molecule has 1 aromatic carbocycles. The smallest absolute Gasteiger partial charge is 0.245 e. The Hall–Kier alpha value is -1.26. The maximum Gasteiger partial charge on any atom is 0.245 e. The van der Waals surface area contributed by atoms with Gasteiger partial charge in [-0.1, -0.05) is 18.5 Å². The number of carbonyl (C=O) groups excluding carboxylic acids is 1. The number of nitrogens with zero attached hydrogens (tertiary/aromatic N) is 1. The molecule has 0 bridgehead atoms. The van der Waals surface area contributed by atoms with E-state index in [4.69, 9.17) is 17.3 Å². The summed E-state index contributed by atoms with van der Waals surface area (Å²) in [6.07, 6.45) is 1.04. The van der Waals surface area contributed by atoms with Gasteiger partial charge in [0.25, 0.3) is 0 Å². The van der Waals surface area contributed by atoms with Gasteiger partial charge in [0.2, 0.25) is 5.91 Å². The summed E-state index contributed by atoms with van der Waals surface area (Å²) in [6.45, 7) is 7.32. The first-order chi connectivity index (χ1) is 8.95. The summed E-state index contributed by atoms with van der Waals surface area (Å²) in [6, 6.07) is 3.47. The molecule has 1 aliphatic heterocycles. The van der Waals surface area contributed by atoms with Crippen molar-refractivity contribution in [3.63, 3.8) is 0 Å². The van der Waals surface area contributed by atoms with Crippen molar-refractivity contribution < 1.29 is 4.79 Å². The summed E-state index contributed by atoms with van der Waals surface area (Å²) >= 11 is 6.36. The summed E-state index contributed by atoms with van der Waals surface area (Å²) in [7, 11) is 0. The second kappa shape index (κ2) is 5.39. The van der Waals surface area contributed by atoms with Gasteiger partial charge in [0, 0.05) is 23.8 Å². The van der Waals surface area contributed by atoms with Crippen molar-refractivity contribution in [1.29, 1.82) is 0 Å². The van der Waals surface area contributed by atoms with Crippen LogP contribution in [0.4, 0.5) is 11.4 Å². The summed E-state index contributed by atoms with van der Waals surface area (Å²) in [5.41, 5.74) is 8.32. The number of anilines is 2. The Morgan fingerprint density at radius 2 is 2.16 bits per heavy atom. The Morgan fingerprint density at radius 1 is 1.47 bits per heavy atom. The number of benzene rings is 1. The van der Waals surface area contributed by atoms with Gasteiger partial charge >= 0.3 is 0 Å². The standard InChI is InChI=1S/C14H20ClN3O/c1-4-5-18(8(2)3)12-7-11-9(6-10(12)15)13(16)14(19)17-11/h6-8,13H,4-5,16H2,1-3H3,(H,17,19). The molecule has 1 amide bonds. The Kier molecular flexibility index (Phi) is 4.02. The van der Waals surface area contributed by atoms with Crippen LogP contribution in [0.3, 0.4) is 0 Å². The SMILES string of the molecule is CCCN(c1cc2c(cc1Cl)C(N)C(=O)N2)C(C)C. The lowest BCUT2D eigenvalue weighted by molar-refractivity contribution is -0.116. The van der Waals surface area contributed by atoms with E-state index in [1.807, 2.05) is 6.07 Å². The molecule has 5 heteroatoms. The van der Waals surface area contributed by atoms with Crippen LogP contribution >= 0.6 is 11.6 Å². The van der Waals surface area contributed by atoms with Crippen LogP contribution in [-0.2, 0) is 4.79 Å². The lowest BCUT2D eigenvalue weighted by atomic mass is 10.1. The van der Waals surface area contributed by atoms with Gasteiger partial charge in [-0.3, -0.25) is 4.79 Å². The first-order valence-corrected chi connectivity index (χ1v) is 7.00. The molecule has 0 radical (unpaired) electrons. The van der Waals surface area contributed by atoms with Gasteiger partial charge < -0.3 is 16.0 Å². The van der Waals surface area contributed by atoms with Crippen molar-refractivity contribution in [2.75, 3.05) is 16.8 Å². The number of nitrogens with one attached hydrogen (secondary N) is 1. The molecule has 19 heavy (non-hydrogen) atoms. The van der Waals surface area contributed by atoms with Crippen LogP contribution in [0.25, 0.3) is 0 Å². The Labute approximate surface area is 118 Å². The molecule has 0 aliphatic carbocycles. The van der Waals surface area contributed by atoms with E-state index in [1.165, 1.54) is 0 Å². The fourth-order valence-electron chi connectivity index (χ4n) is 2.41. The van der Waals surface area contributed by atoms with Gasteiger partial charge in [-0.05, 0) is 32.4 Å². The van der Waals surface area contributed by atoms with Gasteiger partial charge in [0.05, 0.1) is 10.7 Å². The molecule has 1 heterocycles. The number of rotatable bonds is 4. The topological polar surface area (TPSA) is 58.4 Å². The summed E-state index contributed by atoms with van der Waals surface area (Å²) in [5.74, 6) is -0.171. The molecule has 1 atom stereocenters. The number of amides is 1. The van der Waals surface area contributed by atoms with E-state index >= 15 is 0 Å². The Bertz CT molecular complexity index is 502. The number of nitrogens with two attached hydrogens (primary N) is 1.